The Morgan fingerprint density at radius 2 is 1.66 bits per heavy atom. The zero-order chi connectivity index (χ0) is 22.9. The Morgan fingerprint density at radius 1 is 0.938 bits per heavy atom. The fraction of sp³-hybridized carbons (Fsp3) is 0.125. The van der Waals surface area contributed by atoms with Gasteiger partial charge in [0.1, 0.15) is 11.4 Å². The van der Waals surface area contributed by atoms with E-state index in [2.05, 4.69) is 10.6 Å². The van der Waals surface area contributed by atoms with E-state index in [-0.39, 0.29) is 22.8 Å². The van der Waals surface area contributed by atoms with Crippen LogP contribution >= 0.6 is 0 Å². The van der Waals surface area contributed by atoms with Crippen LogP contribution in [0.2, 0.25) is 0 Å². The standard InChI is InChI=1S/C24H18F4N2O2/c1-14-10-19(6-8-20(14)24(26,27)28)30-23(31)22-12-16-11-18(7-9-21(16)32-22)29-13-15-2-4-17(25)5-3-15/h2-12,29H,13H2,1H3,(H,30,31). The van der Waals surface area contributed by atoms with Gasteiger partial charge in [-0.15, -0.1) is 0 Å². The van der Waals surface area contributed by atoms with Crippen molar-refractivity contribution in [3.63, 3.8) is 0 Å². The number of rotatable bonds is 5. The van der Waals surface area contributed by atoms with Crippen molar-refractivity contribution < 1.29 is 26.8 Å². The van der Waals surface area contributed by atoms with Crippen LogP contribution in [0.1, 0.15) is 27.2 Å². The molecule has 0 aliphatic heterocycles. The third kappa shape index (κ3) is 4.74. The third-order valence-electron chi connectivity index (χ3n) is 4.94. The number of nitrogens with one attached hydrogen (secondary N) is 2. The van der Waals surface area contributed by atoms with Gasteiger partial charge in [0.15, 0.2) is 5.76 Å². The lowest BCUT2D eigenvalue weighted by atomic mass is 10.1. The van der Waals surface area contributed by atoms with Crippen LogP contribution in [0.3, 0.4) is 0 Å². The fourth-order valence-electron chi connectivity index (χ4n) is 3.32. The summed E-state index contributed by atoms with van der Waals surface area (Å²) in [5.41, 5.74) is 1.68. The second kappa shape index (κ2) is 8.37. The van der Waals surface area contributed by atoms with Crippen molar-refractivity contribution >= 4 is 28.3 Å². The van der Waals surface area contributed by atoms with Crippen molar-refractivity contribution in [3.8, 4) is 0 Å². The number of benzene rings is 3. The summed E-state index contributed by atoms with van der Waals surface area (Å²) in [5, 5.41) is 6.46. The van der Waals surface area contributed by atoms with Gasteiger partial charge in [-0.2, -0.15) is 13.2 Å². The normalized spacial score (nSPS) is 11.5. The highest BCUT2D eigenvalue weighted by atomic mass is 19.4. The molecule has 164 valence electrons. The number of carbonyl (C=O) groups is 1. The molecule has 0 unspecified atom stereocenters. The number of aryl methyl sites for hydroxylation is 1. The Kier molecular flexibility index (Phi) is 5.61. The van der Waals surface area contributed by atoms with Crippen LogP contribution < -0.4 is 10.6 Å². The Hall–Kier alpha value is -3.81. The molecule has 0 aliphatic carbocycles. The summed E-state index contributed by atoms with van der Waals surface area (Å²) in [5.74, 6) is -0.833. The number of hydrogen-bond donors (Lipinski definition) is 2. The monoisotopic (exact) mass is 442 g/mol. The maximum Gasteiger partial charge on any atom is 0.416 e. The predicted octanol–water partition coefficient (Wildman–Crippen LogP) is 6.76. The largest absolute Gasteiger partial charge is 0.451 e. The van der Waals surface area contributed by atoms with Gasteiger partial charge in [-0.1, -0.05) is 12.1 Å². The van der Waals surface area contributed by atoms with E-state index < -0.39 is 17.6 Å². The Labute approximate surface area is 180 Å². The van der Waals surface area contributed by atoms with Crippen molar-refractivity contribution in [2.45, 2.75) is 19.6 Å². The van der Waals surface area contributed by atoms with Crippen LogP contribution in [0.5, 0.6) is 0 Å². The lowest BCUT2D eigenvalue weighted by molar-refractivity contribution is -0.138. The Balaban J connectivity index is 1.47. The van der Waals surface area contributed by atoms with Crippen LogP contribution in [0.25, 0.3) is 11.0 Å². The molecular weight excluding hydrogens is 424 g/mol. The molecule has 8 heteroatoms. The molecule has 0 radical (unpaired) electrons. The van der Waals surface area contributed by atoms with Gasteiger partial charge < -0.3 is 15.1 Å². The summed E-state index contributed by atoms with van der Waals surface area (Å²) in [6, 6.07) is 16.4. The highest BCUT2D eigenvalue weighted by Gasteiger charge is 2.32. The van der Waals surface area contributed by atoms with Crippen LogP contribution in [0.4, 0.5) is 28.9 Å². The van der Waals surface area contributed by atoms with Gasteiger partial charge >= 0.3 is 6.18 Å². The van der Waals surface area contributed by atoms with E-state index in [1.165, 1.54) is 31.2 Å². The van der Waals surface area contributed by atoms with E-state index in [1.807, 2.05) is 0 Å². The molecule has 0 bridgehead atoms. The van der Waals surface area contributed by atoms with E-state index in [9.17, 15) is 22.4 Å². The van der Waals surface area contributed by atoms with Gasteiger partial charge in [0.05, 0.1) is 5.56 Å². The van der Waals surface area contributed by atoms with Crippen molar-refractivity contribution in [2.24, 2.45) is 0 Å². The molecule has 0 atom stereocenters. The molecule has 0 saturated carbocycles. The number of anilines is 2. The molecule has 1 heterocycles. The van der Waals surface area contributed by atoms with E-state index in [1.54, 1.807) is 36.4 Å². The maximum absolute atomic E-state index is 13.0. The Morgan fingerprint density at radius 3 is 2.34 bits per heavy atom. The summed E-state index contributed by atoms with van der Waals surface area (Å²) in [4.78, 5) is 12.5. The minimum atomic E-state index is -4.45. The summed E-state index contributed by atoms with van der Waals surface area (Å²) in [7, 11) is 0. The summed E-state index contributed by atoms with van der Waals surface area (Å²) in [6.07, 6.45) is -4.45. The van der Waals surface area contributed by atoms with Gasteiger partial charge in [-0.3, -0.25) is 4.79 Å². The molecule has 2 N–H and O–H groups in total. The van der Waals surface area contributed by atoms with E-state index in [0.29, 0.717) is 17.5 Å². The number of carbonyl (C=O) groups excluding carboxylic acids is 1. The molecule has 0 saturated heterocycles. The molecule has 4 nitrogen and oxygen atoms in total. The average molecular weight is 442 g/mol. The van der Waals surface area contributed by atoms with E-state index >= 15 is 0 Å². The van der Waals surface area contributed by atoms with Gasteiger partial charge in [0, 0.05) is 23.3 Å². The van der Waals surface area contributed by atoms with E-state index in [0.717, 1.165) is 17.3 Å². The second-order valence-electron chi connectivity index (χ2n) is 7.32. The average Bonchev–Trinajstić information content (AvgIpc) is 3.16. The molecule has 0 fully saturated rings. The fourth-order valence-corrected chi connectivity index (χ4v) is 3.32. The first-order chi connectivity index (χ1) is 15.2. The van der Waals surface area contributed by atoms with Crippen molar-refractivity contribution in [1.82, 2.24) is 0 Å². The van der Waals surface area contributed by atoms with Gasteiger partial charge in [0.25, 0.3) is 5.91 Å². The second-order valence-corrected chi connectivity index (χ2v) is 7.32. The van der Waals surface area contributed by atoms with Crippen molar-refractivity contribution in [1.29, 1.82) is 0 Å². The molecule has 4 aromatic rings. The number of furan rings is 1. The number of halogens is 4. The highest BCUT2D eigenvalue weighted by molar-refractivity contribution is 6.04. The first-order valence-corrected chi connectivity index (χ1v) is 9.70. The van der Waals surface area contributed by atoms with Crippen LogP contribution in [0, 0.1) is 12.7 Å². The molecule has 0 spiro atoms. The van der Waals surface area contributed by atoms with Crippen molar-refractivity contribution in [2.75, 3.05) is 10.6 Å². The quantitative estimate of drug-likeness (QED) is 0.336. The molecule has 3 aromatic carbocycles. The van der Waals surface area contributed by atoms with Crippen LogP contribution in [0.15, 0.2) is 71.1 Å². The first-order valence-electron chi connectivity index (χ1n) is 9.70. The highest BCUT2D eigenvalue weighted by Crippen LogP contribution is 2.33. The third-order valence-corrected chi connectivity index (χ3v) is 4.94. The molecule has 1 amide bonds. The lowest BCUT2D eigenvalue weighted by Gasteiger charge is -2.11. The molecule has 1 aromatic heterocycles. The topological polar surface area (TPSA) is 54.3 Å². The first kappa shape index (κ1) is 21.4. The van der Waals surface area contributed by atoms with Gasteiger partial charge in [-0.05, 0) is 72.6 Å². The summed E-state index contributed by atoms with van der Waals surface area (Å²) >= 11 is 0. The summed E-state index contributed by atoms with van der Waals surface area (Å²) < 4.78 is 57.3. The summed E-state index contributed by atoms with van der Waals surface area (Å²) in [6.45, 7) is 1.82. The zero-order valence-corrected chi connectivity index (χ0v) is 16.9. The molecule has 4 rings (SSSR count). The van der Waals surface area contributed by atoms with Gasteiger partial charge in [-0.25, -0.2) is 4.39 Å². The zero-order valence-electron chi connectivity index (χ0n) is 16.9. The molecular formula is C24H18F4N2O2. The number of fused-ring (bicyclic) bond motifs is 1. The van der Waals surface area contributed by atoms with Crippen molar-refractivity contribution in [3.05, 3.63) is 95.0 Å². The number of alkyl halides is 3. The molecule has 32 heavy (non-hydrogen) atoms. The minimum absolute atomic E-state index is 0.0109. The predicted molar refractivity (Wildman–Crippen MR) is 114 cm³/mol. The lowest BCUT2D eigenvalue weighted by Crippen LogP contribution is -2.12. The smallest absolute Gasteiger partial charge is 0.416 e. The minimum Gasteiger partial charge on any atom is -0.451 e. The van der Waals surface area contributed by atoms with Crippen LogP contribution in [-0.2, 0) is 12.7 Å². The van der Waals surface area contributed by atoms with Gasteiger partial charge in [0.2, 0.25) is 0 Å². The van der Waals surface area contributed by atoms with Crippen LogP contribution in [-0.4, -0.2) is 5.91 Å². The molecule has 0 aliphatic rings. The Bertz CT molecular complexity index is 1280. The maximum atomic E-state index is 13.0. The number of hydrogen-bond acceptors (Lipinski definition) is 3. The van der Waals surface area contributed by atoms with E-state index in [4.69, 9.17) is 4.42 Å². The SMILES string of the molecule is Cc1cc(NC(=O)c2cc3cc(NCc4ccc(F)cc4)ccc3o2)ccc1C(F)(F)F. The number of amides is 1.